The van der Waals surface area contributed by atoms with Crippen molar-refractivity contribution < 1.29 is 9.84 Å². The Morgan fingerprint density at radius 2 is 2.00 bits per heavy atom. The van der Waals surface area contributed by atoms with Crippen molar-refractivity contribution in [3.05, 3.63) is 38.8 Å². The maximum Gasteiger partial charge on any atom is 0.148 e. The van der Waals surface area contributed by atoms with Crippen LogP contribution in [0.25, 0.3) is 0 Å². The van der Waals surface area contributed by atoms with Gasteiger partial charge in [-0.3, -0.25) is 0 Å². The molecule has 92 valence electrons. The van der Waals surface area contributed by atoms with Crippen LogP contribution in [0.4, 0.5) is 0 Å². The first-order chi connectivity index (χ1) is 8.20. The second-order valence-corrected chi connectivity index (χ2v) is 5.77. The summed E-state index contributed by atoms with van der Waals surface area (Å²) in [5.41, 5.74) is 0.857. The number of hydrogen-bond donors (Lipinski definition) is 1. The molecule has 1 atom stereocenters. The second-order valence-electron chi connectivity index (χ2n) is 4.06. The van der Waals surface area contributed by atoms with E-state index in [4.69, 9.17) is 9.84 Å². The third-order valence-corrected chi connectivity index (χ3v) is 3.90. The van der Waals surface area contributed by atoms with Crippen LogP contribution in [-0.2, 0) is 6.61 Å². The second kappa shape index (κ2) is 6.03. The summed E-state index contributed by atoms with van der Waals surface area (Å²) in [6.07, 6.45) is 7.80. The molecule has 1 unspecified atom stereocenters. The van der Waals surface area contributed by atoms with Crippen molar-refractivity contribution in [3.63, 3.8) is 0 Å². The highest BCUT2D eigenvalue weighted by Gasteiger charge is 2.15. The summed E-state index contributed by atoms with van der Waals surface area (Å²) in [7, 11) is 0. The predicted molar refractivity (Wildman–Crippen MR) is 75.2 cm³/mol. The molecule has 2 nitrogen and oxygen atoms in total. The highest BCUT2D eigenvalue weighted by atomic mass is 79.9. The maximum atomic E-state index is 9.11. The Morgan fingerprint density at radius 3 is 2.53 bits per heavy atom. The molecule has 1 aromatic carbocycles. The van der Waals surface area contributed by atoms with Crippen LogP contribution < -0.4 is 4.74 Å². The minimum absolute atomic E-state index is 0.0286. The van der Waals surface area contributed by atoms with Crippen molar-refractivity contribution in [1.29, 1.82) is 0 Å². The Bertz CT molecular complexity index is 406. The van der Waals surface area contributed by atoms with E-state index in [0.29, 0.717) is 0 Å². The fourth-order valence-electron chi connectivity index (χ4n) is 1.85. The largest absolute Gasteiger partial charge is 0.484 e. The normalized spacial score (nSPS) is 19.4. The van der Waals surface area contributed by atoms with Gasteiger partial charge in [-0.05, 0) is 74.9 Å². The highest BCUT2D eigenvalue weighted by Crippen LogP contribution is 2.36. The zero-order valence-corrected chi connectivity index (χ0v) is 12.5. The number of aliphatic hydroxyl groups excluding tert-OH is 1. The van der Waals surface area contributed by atoms with E-state index in [1.807, 2.05) is 12.1 Å². The standard InChI is InChI=1S/C13H14Br2O2/c14-11-6-9(8-16)7-12(15)13(11)17-10-4-2-1-3-5-10/h2,4,6-7,10,16H,1,3,5,8H2. The van der Waals surface area contributed by atoms with Crippen LogP contribution in [0.2, 0.25) is 0 Å². The molecule has 0 heterocycles. The van der Waals surface area contributed by atoms with Crippen molar-refractivity contribution in [1.82, 2.24) is 0 Å². The van der Waals surface area contributed by atoms with Crippen LogP contribution in [-0.4, -0.2) is 11.2 Å². The number of benzene rings is 1. The molecule has 0 radical (unpaired) electrons. The molecule has 17 heavy (non-hydrogen) atoms. The lowest BCUT2D eigenvalue weighted by atomic mass is 10.1. The third kappa shape index (κ3) is 3.33. The average Bonchev–Trinajstić information content (AvgIpc) is 2.35. The summed E-state index contributed by atoms with van der Waals surface area (Å²) in [6, 6.07) is 3.76. The molecule has 0 spiro atoms. The first-order valence-electron chi connectivity index (χ1n) is 5.63. The van der Waals surface area contributed by atoms with Gasteiger partial charge in [0, 0.05) is 0 Å². The molecule has 0 saturated carbocycles. The summed E-state index contributed by atoms with van der Waals surface area (Å²) in [5, 5.41) is 9.11. The van der Waals surface area contributed by atoms with Gasteiger partial charge in [0.1, 0.15) is 11.9 Å². The molecule has 0 aromatic heterocycles. The predicted octanol–water partition coefficient (Wildman–Crippen LogP) is 4.19. The fraction of sp³-hybridized carbons (Fsp3) is 0.385. The molecule has 4 heteroatoms. The van der Waals surface area contributed by atoms with Gasteiger partial charge in [0.15, 0.2) is 0 Å². The first-order valence-corrected chi connectivity index (χ1v) is 7.21. The van der Waals surface area contributed by atoms with Crippen molar-refractivity contribution in [2.24, 2.45) is 0 Å². The van der Waals surface area contributed by atoms with Gasteiger partial charge < -0.3 is 9.84 Å². The van der Waals surface area contributed by atoms with Gasteiger partial charge in [0.05, 0.1) is 15.6 Å². The van der Waals surface area contributed by atoms with Crippen molar-refractivity contribution >= 4 is 31.9 Å². The zero-order valence-electron chi connectivity index (χ0n) is 9.33. The number of hydrogen-bond acceptors (Lipinski definition) is 2. The quantitative estimate of drug-likeness (QED) is 0.818. The Hall–Kier alpha value is -0.320. The monoisotopic (exact) mass is 360 g/mol. The Labute approximate surface area is 118 Å². The lowest BCUT2D eigenvalue weighted by molar-refractivity contribution is 0.226. The molecule has 0 fully saturated rings. The molecule has 2 rings (SSSR count). The minimum Gasteiger partial charge on any atom is -0.484 e. The summed E-state index contributed by atoms with van der Waals surface area (Å²) >= 11 is 6.95. The SMILES string of the molecule is OCc1cc(Br)c(OC2C=CCCC2)c(Br)c1. The summed E-state index contributed by atoms with van der Waals surface area (Å²) < 4.78 is 7.69. The van der Waals surface area contributed by atoms with Crippen molar-refractivity contribution in [3.8, 4) is 5.75 Å². The molecule has 1 N–H and O–H groups in total. The highest BCUT2D eigenvalue weighted by molar-refractivity contribution is 9.11. The Morgan fingerprint density at radius 1 is 1.29 bits per heavy atom. The minimum atomic E-state index is 0.0286. The average molecular weight is 362 g/mol. The smallest absolute Gasteiger partial charge is 0.148 e. The summed E-state index contributed by atoms with van der Waals surface area (Å²) in [5.74, 6) is 0.804. The molecule has 1 aromatic rings. The van der Waals surface area contributed by atoms with E-state index in [9.17, 15) is 0 Å². The maximum absolute atomic E-state index is 9.11. The van der Waals surface area contributed by atoms with Gasteiger partial charge in [0.2, 0.25) is 0 Å². The molecule has 1 aliphatic rings. The third-order valence-electron chi connectivity index (χ3n) is 2.72. The summed E-state index contributed by atoms with van der Waals surface area (Å²) in [6.45, 7) is 0.0286. The fourth-order valence-corrected chi connectivity index (χ4v) is 3.32. The van der Waals surface area contributed by atoms with Crippen LogP contribution in [0, 0.1) is 0 Å². The number of ether oxygens (including phenoxy) is 1. The molecule has 0 amide bonds. The lowest BCUT2D eigenvalue weighted by Gasteiger charge is -2.20. The zero-order chi connectivity index (χ0) is 12.3. The van der Waals surface area contributed by atoms with E-state index in [1.54, 1.807) is 0 Å². The van der Waals surface area contributed by atoms with Crippen LogP contribution in [0.5, 0.6) is 5.75 Å². The van der Waals surface area contributed by atoms with E-state index < -0.39 is 0 Å². The van der Waals surface area contributed by atoms with E-state index in [1.165, 1.54) is 6.42 Å². The molecular formula is C13H14Br2O2. The van der Waals surface area contributed by atoms with Gasteiger partial charge in [-0.1, -0.05) is 6.08 Å². The molecular weight excluding hydrogens is 348 g/mol. The summed E-state index contributed by atoms with van der Waals surface area (Å²) in [4.78, 5) is 0. The number of rotatable bonds is 3. The number of halogens is 2. The molecule has 0 saturated heterocycles. The van der Waals surface area contributed by atoms with E-state index in [0.717, 1.165) is 33.1 Å². The lowest BCUT2D eigenvalue weighted by Crippen LogP contribution is -2.16. The van der Waals surface area contributed by atoms with Gasteiger partial charge in [-0.25, -0.2) is 0 Å². The Kier molecular flexibility index (Phi) is 4.65. The molecule has 0 bridgehead atoms. The van der Waals surface area contributed by atoms with E-state index in [2.05, 4.69) is 44.0 Å². The first kappa shape index (κ1) is 13.1. The van der Waals surface area contributed by atoms with E-state index in [-0.39, 0.29) is 12.7 Å². The van der Waals surface area contributed by atoms with Crippen LogP contribution in [0.15, 0.2) is 33.2 Å². The van der Waals surface area contributed by atoms with Crippen LogP contribution >= 0.6 is 31.9 Å². The van der Waals surface area contributed by atoms with Crippen LogP contribution in [0.1, 0.15) is 24.8 Å². The Balaban J connectivity index is 2.20. The van der Waals surface area contributed by atoms with Gasteiger partial charge in [-0.2, -0.15) is 0 Å². The van der Waals surface area contributed by atoms with Gasteiger partial charge in [-0.15, -0.1) is 0 Å². The molecule has 0 aliphatic heterocycles. The number of aliphatic hydroxyl groups is 1. The van der Waals surface area contributed by atoms with Gasteiger partial charge in [0.25, 0.3) is 0 Å². The number of allylic oxidation sites excluding steroid dienone is 1. The topological polar surface area (TPSA) is 29.5 Å². The van der Waals surface area contributed by atoms with Crippen molar-refractivity contribution in [2.45, 2.75) is 32.0 Å². The van der Waals surface area contributed by atoms with Crippen LogP contribution in [0.3, 0.4) is 0 Å². The van der Waals surface area contributed by atoms with E-state index >= 15 is 0 Å². The van der Waals surface area contributed by atoms with Crippen molar-refractivity contribution in [2.75, 3.05) is 0 Å². The van der Waals surface area contributed by atoms with Gasteiger partial charge >= 0.3 is 0 Å². The molecule has 1 aliphatic carbocycles.